The van der Waals surface area contributed by atoms with Crippen molar-refractivity contribution in [1.82, 2.24) is 4.90 Å². The molecular weight excluding hydrogens is 365 g/mol. The molecule has 0 aliphatic carbocycles. The lowest BCUT2D eigenvalue weighted by Gasteiger charge is -2.27. The van der Waals surface area contributed by atoms with Crippen molar-refractivity contribution >= 4 is 34.9 Å². The highest BCUT2D eigenvalue weighted by molar-refractivity contribution is 6.42. The van der Waals surface area contributed by atoms with E-state index in [-0.39, 0.29) is 36.8 Å². The number of aliphatic hydroxyl groups excluding tert-OH is 1. The summed E-state index contributed by atoms with van der Waals surface area (Å²) >= 11 is 12.1. The molecule has 25 heavy (non-hydrogen) atoms. The Morgan fingerprint density at radius 3 is 2.56 bits per heavy atom. The molecule has 1 atom stereocenters. The Morgan fingerprint density at radius 1 is 1.32 bits per heavy atom. The highest BCUT2D eigenvalue weighted by Gasteiger charge is 2.43. The van der Waals surface area contributed by atoms with Crippen LogP contribution in [0.1, 0.15) is 31.9 Å². The van der Waals surface area contributed by atoms with Crippen LogP contribution in [0.3, 0.4) is 0 Å². The van der Waals surface area contributed by atoms with Gasteiger partial charge in [0.25, 0.3) is 5.91 Å². The van der Waals surface area contributed by atoms with Crippen LogP contribution in [0.2, 0.25) is 10.0 Å². The summed E-state index contributed by atoms with van der Waals surface area (Å²) < 4.78 is 5.05. The number of carbonyl (C=O) groups excluding carboxylic acids is 2. The quantitative estimate of drug-likeness (QED) is 0.771. The number of halogens is 2. The predicted molar refractivity (Wildman–Crippen MR) is 96.9 cm³/mol. The molecule has 1 aromatic rings. The zero-order chi connectivity index (χ0) is 18.7. The maximum Gasteiger partial charge on any atom is 0.290 e. The maximum atomic E-state index is 12.7. The number of ether oxygens (including phenoxy) is 1. The second-order valence-electron chi connectivity index (χ2n) is 6.35. The summed E-state index contributed by atoms with van der Waals surface area (Å²) in [5.41, 5.74) is 0.725. The second-order valence-corrected chi connectivity index (χ2v) is 7.17. The minimum Gasteiger partial charge on any atom is -0.503 e. The average molecular weight is 386 g/mol. The zero-order valence-corrected chi connectivity index (χ0v) is 15.9. The van der Waals surface area contributed by atoms with Crippen molar-refractivity contribution in [3.05, 3.63) is 45.1 Å². The van der Waals surface area contributed by atoms with Gasteiger partial charge in [0.05, 0.1) is 28.3 Å². The minimum atomic E-state index is -0.705. The smallest absolute Gasteiger partial charge is 0.290 e. The van der Waals surface area contributed by atoms with Crippen molar-refractivity contribution in [1.29, 1.82) is 0 Å². The minimum absolute atomic E-state index is 0.102. The van der Waals surface area contributed by atoms with Crippen molar-refractivity contribution in [3.8, 4) is 0 Å². The fourth-order valence-electron chi connectivity index (χ4n) is 2.87. The monoisotopic (exact) mass is 385 g/mol. The Hall–Kier alpha value is -1.56. The fourth-order valence-corrected chi connectivity index (χ4v) is 3.18. The van der Waals surface area contributed by atoms with E-state index in [0.29, 0.717) is 15.6 Å². The van der Waals surface area contributed by atoms with Gasteiger partial charge in [-0.2, -0.15) is 0 Å². The molecule has 0 radical (unpaired) electrons. The molecule has 0 saturated carbocycles. The molecule has 1 unspecified atom stereocenters. The first-order chi connectivity index (χ1) is 11.8. The maximum absolute atomic E-state index is 12.7. The number of hydrogen-bond acceptors (Lipinski definition) is 4. The second kappa shape index (κ2) is 8.21. The van der Waals surface area contributed by atoms with Gasteiger partial charge in [-0.3, -0.25) is 9.59 Å². The molecule has 7 heteroatoms. The third kappa shape index (κ3) is 4.17. The van der Waals surface area contributed by atoms with Gasteiger partial charge in [0, 0.05) is 20.1 Å². The number of carbonyl (C=O) groups is 2. The highest BCUT2D eigenvalue weighted by Crippen LogP contribution is 2.40. The number of hydrogen-bond donors (Lipinski definition) is 1. The Morgan fingerprint density at radius 2 is 2.00 bits per heavy atom. The molecule has 2 rings (SSSR count). The molecule has 1 aromatic carbocycles. The van der Waals surface area contributed by atoms with E-state index in [1.165, 1.54) is 12.0 Å². The average Bonchev–Trinajstić information content (AvgIpc) is 2.79. The first-order valence-electron chi connectivity index (χ1n) is 7.99. The molecule has 5 nitrogen and oxygen atoms in total. The number of methoxy groups -OCH3 is 1. The van der Waals surface area contributed by atoms with Gasteiger partial charge < -0.3 is 14.7 Å². The van der Waals surface area contributed by atoms with Crippen LogP contribution in [0.25, 0.3) is 0 Å². The van der Waals surface area contributed by atoms with Crippen molar-refractivity contribution in [3.63, 3.8) is 0 Å². The molecule has 0 fully saturated rings. The topological polar surface area (TPSA) is 66.8 Å². The summed E-state index contributed by atoms with van der Waals surface area (Å²) in [7, 11) is 1.52. The van der Waals surface area contributed by atoms with E-state index in [4.69, 9.17) is 27.9 Å². The van der Waals surface area contributed by atoms with E-state index in [9.17, 15) is 14.7 Å². The number of benzene rings is 1. The zero-order valence-electron chi connectivity index (χ0n) is 14.4. The van der Waals surface area contributed by atoms with Crippen molar-refractivity contribution < 1.29 is 19.4 Å². The van der Waals surface area contributed by atoms with Crippen LogP contribution in [-0.2, 0) is 14.3 Å². The van der Waals surface area contributed by atoms with Crippen LogP contribution >= 0.6 is 23.2 Å². The number of nitrogens with zero attached hydrogens (tertiary/aromatic N) is 1. The summed E-state index contributed by atoms with van der Waals surface area (Å²) in [6, 6.07) is 4.22. The van der Waals surface area contributed by atoms with Gasteiger partial charge in [-0.15, -0.1) is 0 Å². The summed E-state index contributed by atoms with van der Waals surface area (Å²) in [5, 5.41) is 11.0. The van der Waals surface area contributed by atoms with Crippen molar-refractivity contribution in [2.24, 2.45) is 5.92 Å². The molecule has 0 spiro atoms. The molecule has 1 amide bonds. The molecule has 1 aliphatic rings. The van der Waals surface area contributed by atoms with Crippen LogP contribution in [0.15, 0.2) is 29.5 Å². The lowest BCUT2D eigenvalue weighted by atomic mass is 9.92. The summed E-state index contributed by atoms with van der Waals surface area (Å²) in [6.07, 6.45) is 0.239. The molecule has 1 heterocycles. The van der Waals surface area contributed by atoms with E-state index < -0.39 is 17.7 Å². The normalized spacial score (nSPS) is 17.8. The van der Waals surface area contributed by atoms with E-state index >= 15 is 0 Å². The molecular formula is C18H21Cl2NO4. The first-order valence-corrected chi connectivity index (χ1v) is 8.74. The summed E-state index contributed by atoms with van der Waals surface area (Å²) in [6.45, 7) is 4.33. The molecule has 0 saturated heterocycles. The molecule has 1 N–H and O–H groups in total. The third-order valence-electron chi connectivity index (χ3n) is 3.99. The van der Waals surface area contributed by atoms with Crippen LogP contribution in [-0.4, -0.2) is 42.0 Å². The van der Waals surface area contributed by atoms with E-state index in [1.807, 2.05) is 13.8 Å². The molecule has 0 aromatic heterocycles. The van der Waals surface area contributed by atoms with Gasteiger partial charge in [0.15, 0.2) is 11.5 Å². The number of aliphatic hydroxyl groups is 1. The fraction of sp³-hybridized carbons (Fsp3) is 0.444. The Kier molecular flexibility index (Phi) is 6.49. The van der Waals surface area contributed by atoms with Crippen molar-refractivity contribution in [2.45, 2.75) is 26.3 Å². The lowest BCUT2D eigenvalue weighted by Crippen LogP contribution is -2.34. The van der Waals surface area contributed by atoms with Gasteiger partial charge in [-0.25, -0.2) is 0 Å². The van der Waals surface area contributed by atoms with Gasteiger partial charge in [-0.1, -0.05) is 43.1 Å². The standard InChI is InChI=1S/C18H21Cl2NO4/c1-10(2)8-14(22)15-16(11-4-5-12(19)13(20)9-11)21(6-7-25-3)18(24)17(15)23/h4-5,9-10,16,23H,6-8H2,1-3H3. The van der Waals surface area contributed by atoms with Crippen LogP contribution < -0.4 is 0 Å². The molecule has 0 bridgehead atoms. The molecule has 1 aliphatic heterocycles. The Labute approximate surface area is 157 Å². The van der Waals surface area contributed by atoms with Crippen LogP contribution in [0.5, 0.6) is 0 Å². The molecule has 136 valence electrons. The van der Waals surface area contributed by atoms with Crippen LogP contribution in [0.4, 0.5) is 0 Å². The summed E-state index contributed by atoms with van der Waals surface area (Å²) in [5.74, 6) is -1.24. The Balaban J connectivity index is 2.50. The highest BCUT2D eigenvalue weighted by atomic mass is 35.5. The predicted octanol–water partition coefficient (Wildman–Crippen LogP) is 3.95. The lowest BCUT2D eigenvalue weighted by molar-refractivity contribution is -0.130. The largest absolute Gasteiger partial charge is 0.503 e. The Bertz CT molecular complexity index is 715. The van der Waals surface area contributed by atoms with E-state index in [0.717, 1.165) is 0 Å². The van der Waals surface area contributed by atoms with Gasteiger partial charge in [-0.05, 0) is 23.6 Å². The van der Waals surface area contributed by atoms with Crippen molar-refractivity contribution in [2.75, 3.05) is 20.3 Å². The summed E-state index contributed by atoms with van der Waals surface area (Å²) in [4.78, 5) is 26.6. The third-order valence-corrected chi connectivity index (χ3v) is 4.73. The van der Waals surface area contributed by atoms with Gasteiger partial charge >= 0.3 is 0 Å². The van der Waals surface area contributed by atoms with E-state index in [1.54, 1.807) is 18.2 Å². The van der Waals surface area contributed by atoms with Crippen LogP contribution in [0, 0.1) is 5.92 Å². The number of ketones is 1. The SMILES string of the molecule is COCCN1C(=O)C(O)=C(C(=O)CC(C)C)C1c1ccc(Cl)c(Cl)c1. The van der Waals surface area contributed by atoms with Gasteiger partial charge in [0.2, 0.25) is 0 Å². The number of Topliss-reactive ketones (excluding diaryl/α,β-unsaturated/α-hetero) is 1. The number of amides is 1. The van der Waals surface area contributed by atoms with Gasteiger partial charge in [0.1, 0.15) is 0 Å². The first kappa shape index (κ1) is 19.8. The van der Waals surface area contributed by atoms with E-state index in [2.05, 4.69) is 0 Å². The number of rotatable bonds is 7.